The third-order valence-electron chi connectivity index (χ3n) is 8.84. The lowest BCUT2D eigenvalue weighted by Crippen LogP contribution is -2.15. The zero-order chi connectivity index (χ0) is 38.7. The minimum atomic E-state index is -4.69. The molecule has 14 heteroatoms. The van der Waals surface area contributed by atoms with Crippen molar-refractivity contribution in [2.75, 3.05) is 0 Å². The van der Waals surface area contributed by atoms with Crippen molar-refractivity contribution in [2.45, 2.75) is 12.4 Å². The molecule has 0 fully saturated rings. The molecule has 0 aliphatic heterocycles. The average molecular weight is 745 g/mol. The van der Waals surface area contributed by atoms with Gasteiger partial charge >= 0.3 is 12.4 Å². The number of halogens is 10. The zero-order valence-corrected chi connectivity index (χ0v) is 27.0. The topological polar surface area (TPSA) is 56.4 Å². The average Bonchev–Trinajstić information content (AvgIpc) is 3.74. The number of hydrogen-bond acceptors (Lipinski definition) is 2. The molecule has 7 aromatic rings. The highest BCUT2D eigenvalue weighted by Gasteiger charge is 2.31. The molecule has 4 aromatic carbocycles. The van der Waals surface area contributed by atoms with E-state index >= 15 is 8.78 Å². The van der Waals surface area contributed by atoms with Crippen molar-refractivity contribution in [3.63, 3.8) is 0 Å². The molecule has 0 aliphatic carbocycles. The molecule has 0 saturated carbocycles. The first-order valence-electron chi connectivity index (χ1n) is 15.6. The number of nitriles is 2. The van der Waals surface area contributed by atoms with Gasteiger partial charge in [0.1, 0.15) is 35.4 Å². The molecule has 0 amide bonds. The number of aromatic nitrogens is 2. The van der Waals surface area contributed by atoms with Gasteiger partial charge in [-0.25, -0.2) is 17.6 Å². The Morgan fingerprint density at radius 2 is 0.833 bits per heavy atom. The molecule has 0 saturated heterocycles. The van der Waals surface area contributed by atoms with Gasteiger partial charge in [-0.2, -0.15) is 36.9 Å². The third kappa shape index (κ3) is 6.01. The highest BCUT2D eigenvalue weighted by atomic mass is 19.4. The SMILES string of the molecule is N#C/C(c1ccc(C(F)(F)F)cc1)=c1/ccn2c(-c3ccc(F)cc3F)c3/c(=C(\C#N)c4ccc(C(F)(F)F)cc4)ccn3c(-c3ccc(F)cc3F)c12. The molecule has 268 valence electrons. The van der Waals surface area contributed by atoms with Gasteiger partial charge in [0.05, 0.1) is 44.7 Å². The Balaban J connectivity index is 1.72. The molecule has 0 radical (unpaired) electrons. The fourth-order valence-electron chi connectivity index (χ4n) is 6.44. The Morgan fingerprint density at radius 3 is 1.13 bits per heavy atom. The summed E-state index contributed by atoms with van der Waals surface area (Å²) in [5, 5.41) is 20.9. The van der Waals surface area contributed by atoms with Crippen LogP contribution in [0.25, 0.3) is 44.7 Å². The third-order valence-corrected chi connectivity index (χ3v) is 8.84. The van der Waals surface area contributed by atoms with Gasteiger partial charge in [0, 0.05) is 46.1 Å². The summed E-state index contributed by atoms with van der Waals surface area (Å²) >= 11 is 0. The van der Waals surface area contributed by atoms with E-state index in [0.717, 1.165) is 72.8 Å². The molecule has 0 atom stereocenters. The summed E-state index contributed by atoms with van der Waals surface area (Å²) in [4.78, 5) is 0. The van der Waals surface area contributed by atoms with Gasteiger partial charge in [-0.1, -0.05) is 24.3 Å². The Labute approximate surface area is 297 Å². The monoisotopic (exact) mass is 744 g/mol. The summed E-state index contributed by atoms with van der Waals surface area (Å²) in [6, 6.07) is 19.2. The van der Waals surface area contributed by atoms with Crippen LogP contribution < -0.4 is 10.4 Å². The molecule has 0 bridgehead atoms. The summed E-state index contributed by atoms with van der Waals surface area (Å²) in [6.07, 6.45) is -6.69. The summed E-state index contributed by atoms with van der Waals surface area (Å²) in [7, 11) is 0. The normalized spacial score (nSPS) is 13.2. The minimum Gasteiger partial charge on any atom is -0.312 e. The van der Waals surface area contributed by atoms with Crippen LogP contribution in [0.2, 0.25) is 0 Å². The van der Waals surface area contributed by atoms with Crippen LogP contribution >= 0.6 is 0 Å². The van der Waals surface area contributed by atoms with Crippen LogP contribution in [0.15, 0.2) is 109 Å². The lowest BCUT2D eigenvalue weighted by molar-refractivity contribution is -0.138. The van der Waals surface area contributed by atoms with Gasteiger partial charge in [0.15, 0.2) is 0 Å². The fourth-order valence-corrected chi connectivity index (χ4v) is 6.44. The molecule has 7 rings (SSSR count). The largest absolute Gasteiger partial charge is 0.416 e. The van der Waals surface area contributed by atoms with Crippen LogP contribution in [0.5, 0.6) is 0 Å². The Hall–Kier alpha value is -6.80. The number of alkyl halides is 6. The molecular weight excluding hydrogens is 726 g/mol. The lowest BCUT2D eigenvalue weighted by atomic mass is 9.99. The highest BCUT2D eigenvalue weighted by molar-refractivity contribution is 5.94. The van der Waals surface area contributed by atoms with Crippen LogP contribution in [-0.4, -0.2) is 8.80 Å². The molecule has 54 heavy (non-hydrogen) atoms. The van der Waals surface area contributed by atoms with Crippen molar-refractivity contribution in [2.24, 2.45) is 0 Å². The van der Waals surface area contributed by atoms with E-state index in [4.69, 9.17) is 0 Å². The maximum atomic E-state index is 15.9. The first-order valence-corrected chi connectivity index (χ1v) is 15.6. The van der Waals surface area contributed by atoms with Crippen LogP contribution in [0, 0.1) is 45.9 Å². The Morgan fingerprint density at radius 1 is 0.481 bits per heavy atom. The molecule has 0 spiro atoms. The Bertz CT molecular complexity index is 2650. The number of hydrogen-bond donors (Lipinski definition) is 0. The Kier molecular flexibility index (Phi) is 8.57. The van der Waals surface area contributed by atoms with E-state index in [-0.39, 0.29) is 66.3 Å². The predicted octanol–water partition coefficient (Wildman–Crippen LogP) is 9.57. The number of rotatable bonds is 4. The summed E-state index contributed by atoms with van der Waals surface area (Å²) in [5.74, 6) is -4.09. The molecule has 0 N–H and O–H groups in total. The van der Waals surface area contributed by atoms with Crippen LogP contribution in [0.3, 0.4) is 0 Å². The van der Waals surface area contributed by atoms with Crippen molar-refractivity contribution >= 4 is 22.2 Å². The first-order chi connectivity index (χ1) is 25.6. The van der Waals surface area contributed by atoms with Crippen molar-refractivity contribution in [3.05, 3.63) is 165 Å². The van der Waals surface area contributed by atoms with Gasteiger partial charge < -0.3 is 8.80 Å². The van der Waals surface area contributed by atoms with Gasteiger partial charge in [0.25, 0.3) is 0 Å². The number of fused-ring (bicyclic) bond motifs is 2. The number of benzene rings is 4. The van der Waals surface area contributed by atoms with Crippen LogP contribution in [-0.2, 0) is 12.4 Å². The van der Waals surface area contributed by atoms with E-state index in [2.05, 4.69) is 0 Å². The quantitative estimate of drug-likeness (QED) is 0.169. The molecule has 3 aromatic heterocycles. The standard InChI is InChI=1S/C40H18F10N4/c41-25-9-11-29(33(43)17-25)37-35-27(31(19-51)21-1-5-23(6-2-21)39(45,46)47)13-15-53(35)38(30-12-10-26(42)18-34(30)44)36-28(14-16-54(36)37)32(20-52)22-3-7-24(8-4-22)40(48,49)50/h1-18H/b31-27+,32-28+. The number of nitrogens with zero attached hydrogens (tertiary/aromatic N) is 4. The van der Waals surface area contributed by atoms with E-state index in [1.54, 1.807) is 0 Å². The van der Waals surface area contributed by atoms with E-state index < -0.39 is 46.7 Å². The van der Waals surface area contributed by atoms with Gasteiger partial charge in [-0.3, -0.25) is 0 Å². The summed E-state index contributed by atoms with van der Waals surface area (Å²) in [5.41, 5.74) is -3.10. The van der Waals surface area contributed by atoms with E-state index in [0.29, 0.717) is 12.1 Å². The molecule has 0 aliphatic rings. The maximum Gasteiger partial charge on any atom is 0.416 e. The molecule has 3 heterocycles. The van der Waals surface area contributed by atoms with Crippen LogP contribution in [0.4, 0.5) is 43.9 Å². The maximum absolute atomic E-state index is 15.9. The summed E-state index contributed by atoms with van der Waals surface area (Å²) < 4.78 is 143. The van der Waals surface area contributed by atoms with Gasteiger partial charge in [-0.15, -0.1) is 0 Å². The predicted molar refractivity (Wildman–Crippen MR) is 177 cm³/mol. The van der Waals surface area contributed by atoms with Crippen molar-refractivity contribution in [3.8, 4) is 34.7 Å². The molecule has 0 unspecified atom stereocenters. The lowest BCUT2D eigenvalue weighted by Gasteiger charge is -2.18. The second kappa shape index (κ2) is 13.0. The van der Waals surface area contributed by atoms with Gasteiger partial charge in [0.2, 0.25) is 0 Å². The van der Waals surface area contributed by atoms with Crippen molar-refractivity contribution in [1.82, 2.24) is 8.80 Å². The second-order valence-corrected chi connectivity index (χ2v) is 12.0. The van der Waals surface area contributed by atoms with Gasteiger partial charge in [-0.05, 0) is 71.8 Å². The minimum absolute atomic E-state index is 0.0177. The molecule has 4 nitrogen and oxygen atoms in total. The first kappa shape index (κ1) is 35.6. The highest BCUT2D eigenvalue weighted by Crippen LogP contribution is 2.36. The van der Waals surface area contributed by atoms with Crippen molar-refractivity contribution < 1.29 is 43.9 Å². The summed E-state index contributed by atoms with van der Waals surface area (Å²) in [6.45, 7) is 0. The second-order valence-electron chi connectivity index (χ2n) is 12.0. The van der Waals surface area contributed by atoms with Crippen LogP contribution in [0.1, 0.15) is 22.3 Å². The van der Waals surface area contributed by atoms with E-state index in [1.807, 2.05) is 12.1 Å². The van der Waals surface area contributed by atoms with E-state index in [1.165, 1.54) is 33.3 Å². The zero-order valence-electron chi connectivity index (χ0n) is 27.0. The van der Waals surface area contributed by atoms with Crippen molar-refractivity contribution in [1.29, 1.82) is 10.5 Å². The van der Waals surface area contributed by atoms with E-state index in [9.17, 15) is 45.6 Å². The smallest absolute Gasteiger partial charge is 0.312 e. The molecular formula is C40H18F10N4. The fraction of sp³-hybridized carbons (Fsp3) is 0.0500.